The molecule has 6 nitrogen and oxygen atoms in total. The van der Waals surface area contributed by atoms with Crippen LogP contribution in [0, 0.1) is 17.2 Å². The van der Waals surface area contributed by atoms with E-state index in [1.54, 1.807) is 34.1 Å². The van der Waals surface area contributed by atoms with Gasteiger partial charge in [0.05, 0.1) is 12.5 Å². The quantitative estimate of drug-likeness (QED) is 0.673. The highest BCUT2D eigenvalue weighted by molar-refractivity contribution is 6.30. The number of halogens is 4. The SMILES string of the molecule is N#CCc1nc(N2CCN(C(=O)C3CC3)CC2)c(Cc2cccc(Cl)c2)c(C(F)(F)F)n1. The van der Waals surface area contributed by atoms with Crippen molar-refractivity contribution in [1.82, 2.24) is 14.9 Å². The molecule has 0 bridgehead atoms. The number of piperazine rings is 1. The fourth-order valence-electron chi connectivity index (χ4n) is 3.90. The molecule has 0 spiro atoms. The van der Waals surface area contributed by atoms with Crippen molar-refractivity contribution in [3.8, 4) is 6.07 Å². The summed E-state index contributed by atoms with van der Waals surface area (Å²) in [5.74, 6) is 0.211. The number of hydrogen-bond donors (Lipinski definition) is 0. The third-order valence-electron chi connectivity index (χ3n) is 5.62. The van der Waals surface area contributed by atoms with Crippen molar-refractivity contribution in [3.63, 3.8) is 0 Å². The van der Waals surface area contributed by atoms with Gasteiger partial charge < -0.3 is 9.80 Å². The molecule has 0 N–H and O–H groups in total. The Balaban J connectivity index is 1.71. The van der Waals surface area contributed by atoms with Gasteiger partial charge in [-0.2, -0.15) is 18.4 Å². The van der Waals surface area contributed by atoms with Crippen LogP contribution in [-0.4, -0.2) is 47.0 Å². The maximum Gasteiger partial charge on any atom is 0.433 e. The fraction of sp³-hybridized carbons (Fsp3) is 0.455. The Labute approximate surface area is 188 Å². The van der Waals surface area contributed by atoms with Gasteiger partial charge in [0, 0.05) is 49.1 Å². The predicted octanol–water partition coefficient (Wildman–Crippen LogP) is 3.86. The third kappa shape index (κ3) is 4.96. The lowest BCUT2D eigenvalue weighted by atomic mass is 10.0. The molecule has 2 fully saturated rings. The summed E-state index contributed by atoms with van der Waals surface area (Å²) in [6.45, 7) is 1.57. The highest BCUT2D eigenvalue weighted by atomic mass is 35.5. The lowest BCUT2D eigenvalue weighted by Crippen LogP contribution is -2.50. The number of alkyl halides is 3. The summed E-state index contributed by atoms with van der Waals surface area (Å²) < 4.78 is 42.0. The van der Waals surface area contributed by atoms with Gasteiger partial charge in [-0.15, -0.1) is 0 Å². The minimum absolute atomic E-state index is 0.0524. The first kappa shape index (κ1) is 22.3. The number of carbonyl (C=O) groups excluding carboxylic acids is 1. The Bertz CT molecular complexity index is 1060. The highest BCUT2D eigenvalue weighted by Gasteiger charge is 2.39. The standard InChI is InChI=1S/C22H21ClF3N5O/c23-16-3-1-2-14(12-16)13-17-19(22(24,25)26)28-18(6-7-27)29-20(17)30-8-10-31(11-9-30)21(32)15-4-5-15/h1-3,12,15H,4-6,8-11,13H2. The van der Waals surface area contributed by atoms with Gasteiger partial charge in [-0.25, -0.2) is 9.97 Å². The van der Waals surface area contributed by atoms with Crippen molar-refractivity contribution in [2.75, 3.05) is 31.1 Å². The van der Waals surface area contributed by atoms with Crippen molar-refractivity contribution in [3.05, 3.63) is 51.9 Å². The van der Waals surface area contributed by atoms with Crippen LogP contribution in [-0.2, 0) is 23.8 Å². The summed E-state index contributed by atoms with van der Waals surface area (Å²) in [6.07, 6.45) is -3.28. The minimum Gasteiger partial charge on any atom is -0.353 e. The first-order chi connectivity index (χ1) is 15.3. The van der Waals surface area contributed by atoms with Crippen molar-refractivity contribution in [2.24, 2.45) is 5.92 Å². The Hall–Kier alpha value is -2.86. The number of carbonyl (C=O) groups is 1. The van der Waals surface area contributed by atoms with Crippen LogP contribution in [0.1, 0.15) is 35.5 Å². The number of benzene rings is 1. The minimum atomic E-state index is -4.71. The van der Waals surface area contributed by atoms with Crippen LogP contribution < -0.4 is 4.90 Å². The molecule has 1 saturated heterocycles. The third-order valence-corrected chi connectivity index (χ3v) is 5.86. The molecular formula is C22H21ClF3N5O. The van der Waals surface area contributed by atoms with E-state index in [1.165, 1.54) is 0 Å². The lowest BCUT2D eigenvalue weighted by Gasteiger charge is -2.37. The number of aromatic nitrogens is 2. The molecule has 10 heteroatoms. The smallest absolute Gasteiger partial charge is 0.353 e. The molecule has 1 aliphatic heterocycles. The Morgan fingerprint density at radius 2 is 1.91 bits per heavy atom. The summed E-state index contributed by atoms with van der Waals surface area (Å²) in [7, 11) is 0. The van der Waals surface area contributed by atoms with Gasteiger partial charge in [-0.05, 0) is 30.5 Å². The van der Waals surface area contributed by atoms with Crippen molar-refractivity contribution in [2.45, 2.75) is 31.9 Å². The van der Waals surface area contributed by atoms with Gasteiger partial charge in [0.2, 0.25) is 5.91 Å². The Morgan fingerprint density at radius 1 is 1.19 bits per heavy atom. The molecule has 32 heavy (non-hydrogen) atoms. The van der Waals surface area contributed by atoms with Crippen LogP contribution in [0.2, 0.25) is 5.02 Å². The Kier molecular flexibility index (Phi) is 6.24. The van der Waals surface area contributed by atoms with E-state index in [0.29, 0.717) is 36.8 Å². The van der Waals surface area contributed by atoms with E-state index in [4.69, 9.17) is 16.9 Å². The molecule has 2 aliphatic rings. The number of nitrogens with zero attached hydrogens (tertiary/aromatic N) is 5. The molecule has 0 atom stereocenters. The van der Waals surface area contributed by atoms with E-state index in [2.05, 4.69) is 9.97 Å². The average molecular weight is 464 g/mol. The maximum atomic E-state index is 14.0. The second-order valence-corrected chi connectivity index (χ2v) is 8.45. The lowest BCUT2D eigenvalue weighted by molar-refractivity contribution is -0.142. The molecule has 0 unspecified atom stereocenters. The molecule has 168 valence electrons. The molecule has 1 aliphatic carbocycles. The first-order valence-corrected chi connectivity index (χ1v) is 10.8. The van der Waals surface area contributed by atoms with E-state index in [1.807, 2.05) is 6.07 Å². The molecular weight excluding hydrogens is 443 g/mol. The molecule has 1 saturated carbocycles. The monoisotopic (exact) mass is 463 g/mol. The van der Waals surface area contributed by atoms with Crippen molar-refractivity contribution in [1.29, 1.82) is 5.26 Å². The van der Waals surface area contributed by atoms with Crippen LogP contribution in [0.5, 0.6) is 0 Å². The largest absolute Gasteiger partial charge is 0.433 e. The van der Waals surface area contributed by atoms with Crippen LogP contribution >= 0.6 is 11.6 Å². The van der Waals surface area contributed by atoms with E-state index in [-0.39, 0.29) is 41.9 Å². The molecule has 2 heterocycles. The predicted molar refractivity (Wildman–Crippen MR) is 112 cm³/mol. The number of rotatable bonds is 5. The second kappa shape index (κ2) is 8.94. The van der Waals surface area contributed by atoms with Gasteiger partial charge in [-0.3, -0.25) is 4.79 Å². The van der Waals surface area contributed by atoms with Crippen LogP contribution in [0.4, 0.5) is 19.0 Å². The van der Waals surface area contributed by atoms with Crippen LogP contribution in [0.15, 0.2) is 24.3 Å². The van der Waals surface area contributed by atoms with Crippen LogP contribution in [0.25, 0.3) is 0 Å². The molecule has 1 amide bonds. The normalized spacial score (nSPS) is 16.7. The zero-order valence-corrected chi connectivity index (χ0v) is 18.0. The van der Waals surface area contributed by atoms with Gasteiger partial charge in [-0.1, -0.05) is 23.7 Å². The molecule has 1 aromatic carbocycles. The van der Waals surface area contributed by atoms with Gasteiger partial charge in [0.15, 0.2) is 5.69 Å². The van der Waals surface area contributed by atoms with E-state index in [9.17, 15) is 18.0 Å². The highest BCUT2D eigenvalue weighted by Crippen LogP contribution is 2.37. The van der Waals surface area contributed by atoms with Gasteiger partial charge in [0.25, 0.3) is 0 Å². The molecule has 0 radical (unpaired) electrons. The number of nitriles is 1. The number of hydrogen-bond acceptors (Lipinski definition) is 5. The number of amides is 1. The van der Waals surface area contributed by atoms with Crippen molar-refractivity contribution < 1.29 is 18.0 Å². The zero-order valence-electron chi connectivity index (χ0n) is 17.2. The average Bonchev–Trinajstić information content (AvgIpc) is 3.59. The summed E-state index contributed by atoms with van der Waals surface area (Å²) in [6, 6.07) is 8.47. The molecule has 2 aromatic rings. The number of anilines is 1. The van der Waals surface area contributed by atoms with Gasteiger partial charge >= 0.3 is 6.18 Å². The van der Waals surface area contributed by atoms with Crippen molar-refractivity contribution >= 4 is 23.3 Å². The summed E-state index contributed by atoms with van der Waals surface area (Å²) in [4.78, 5) is 23.9. The van der Waals surface area contributed by atoms with Gasteiger partial charge in [0.1, 0.15) is 11.6 Å². The fourth-order valence-corrected chi connectivity index (χ4v) is 4.12. The zero-order chi connectivity index (χ0) is 22.9. The summed E-state index contributed by atoms with van der Waals surface area (Å²) in [5.41, 5.74) is -0.490. The molecule has 1 aromatic heterocycles. The van der Waals surface area contributed by atoms with E-state index < -0.39 is 11.9 Å². The summed E-state index contributed by atoms with van der Waals surface area (Å²) in [5, 5.41) is 9.44. The molecule has 4 rings (SSSR count). The van der Waals surface area contributed by atoms with Crippen LogP contribution in [0.3, 0.4) is 0 Å². The first-order valence-electron chi connectivity index (χ1n) is 10.4. The van der Waals surface area contributed by atoms with E-state index >= 15 is 0 Å². The topological polar surface area (TPSA) is 73.1 Å². The summed E-state index contributed by atoms with van der Waals surface area (Å²) >= 11 is 6.03. The Morgan fingerprint density at radius 3 is 2.50 bits per heavy atom. The van der Waals surface area contributed by atoms with E-state index in [0.717, 1.165) is 12.8 Å². The second-order valence-electron chi connectivity index (χ2n) is 8.02. The maximum absolute atomic E-state index is 14.0.